The van der Waals surface area contributed by atoms with Gasteiger partial charge in [0.05, 0.1) is 6.61 Å². The van der Waals surface area contributed by atoms with E-state index in [4.69, 9.17) is 14.6 Å². The van der Waals surface area contributed by atoms with E-state index in [0.717, 1.165) is 30.5 Å². The molecule has 31 heavy (non-hydrogen) atoms. The third kappa shape index (κ3) is 6.18. The van der Waals surface area contributed by atoms with Gasteiger partial charge in [-0.2, -0.15) is 0 Å². The first-order chi connectivity index (χ1) is 14.6. The van der Waals surface area contributed by atoms with Crippen LogP contribution in [0.3, 0.4) is 0 Å². The molecule has 6 heteroatoms. The Labute approximate surface area is 185 Å². The van der Waals surface area contributed by atoms with Crippen LogP contribution in [0, 0.1) is 11.3 Å². The summed E-state index contributed by atoms with van der Waals surface area (Å²) < 4.78 is 10.6. The third-order valence-corrected chi connectivity index (χ3v) is 5.64. The van der Waals surface area contributed by atoms with E-state index in [1.165, 1.54) is 0 Å². The number of carbonyl (C=O) groups excluding carboxylic acids is 1. The average molecular weight is 429 g/mol. The SMILES string of the molecule is CCOC(=O)c1cc(CC)c(/C=C2\CC(C)CC(C)(C)N2/C=C/CC(=N)CC)oc1=O. The van der Waals surface area contributed by atoms with E-state index in [9.17, 15) is 9.59 Å². The number of esters is 1. The highest BCUT2D eigenvalue weighted by Crippen LogP contribution is 2.38. The van der Waals surface area contributed by atoms with Crippen LogP contribution in [-0.2, 0) is 11.2 Å². The fraction of sp³-hybridized carbons (Fsp3) is 0.560. The highest BCUT2D eigenvalue weighted by atomic mass is 16.5. The second-order valence-corrected chi connectivity index (χ2v) is 8.79. The summed E-state index contributed by atoms with van der Waals surface area (Å²) in [7, 11) is 0. The second-order valence-electron chi connectivity index (χ2n) is 8.79. The van der Waals surface area contributed by atoms with Gasteiger partial charge in [-0.3, -0.25) is 0 Å². The van der Waals surface area contributed by atoms with Crippen molar-refractivity contribution in [2.75, 3.05) is 6.61 Å². The number of rotatable bonds is 8. The van der Waals surface area contributed by atoms with Crippen molar-refractivity contribution in [2.45, 2.75) is 79.2 Å². The van der Waals surface area contributed by atoms with Gasteiger partial charge >= 0.3 is 11.6 Å². The van der Waals surface area contributed by atoms with Crippen molar-refractivity contribution in [3.63, 3.8) is 0 Å². The first kappa shape index (κ1) is 24.6. The molecular formula is C25H36N2O4. The summed E-state index contributed by atoms with van der Waals surface area (Å²) in [5, 5.41) is 7.90. The van der Waals surface area contributed by atoms with Gasteiger partial charge in [-0.15, -0.1) is 0 Å². The molecule has 6 nitrogen and oxygen atoms in total. The van der Waals surface area contributed by atoms with Crippen molar-refractivity contribution in [1.29, 1.82) is 5.41 Å². The molecular weight excluding hydrogens is 392 g/mol. The molecule has 1 aromatic rings. The maximum Gasteiger partial charge on any atom is 0.350 e. The van der Waals surface area contributed by atoms with Gasteiger partial charge in [0.25, 0.3) is 0 Å². The molecule has 1 saturated heterocycles. The van der Waals surface area contributed by atoms with Crippen LogP contribution in [0.1, 0.15) is 88.9 Å². The fourth-order valence-corrected chi connectivity index (χ4v) is 4.16. The van der Waals surface area contributed by atoms with Gasteiger partial charge in [0.2, 0.25) is 0 Å². The van der Waals surface area contributed by atoms with Crippen LogP contribution in [0.5, 0.6) is 0 Å². The van der Waals surface area contributed by atoms with Gasteiger partial charge in [0.1, 0.15) is 11.3 Å². The number of nitrogens with one attached hydrogen (secondary N) is 1. The Hall–Kier alpha value is -2.63. The Bertz CT molecular complexity index is 924. The summed E-state index contributed by atoms with van der Waals surface area (Å²) in [5.41, 5.74) is 1.70. The van der Waals surface area contributed by atoms with E-state index >= 15 is 0 Å². The first-order valence-electron chi connectivity index (χ1n) is 11.2. The lowest BCUT2D eigenvalue weighted by Gasteiger charge is -2.46. The molecule has 2 rings (SSSR count). The number of nitrogens with zero attached hydrogens (tertiary/aromatic N) is 1. The lowest BCUT2D eigenvalue weighted by atomic mass is 9.82. The quantitative estimate of drug-likeness (QED) is 0.433. The maximum absolute atomic E-state index is 12.5. The number of hydrogen-bond acceptors (Lipinski definition) is 6. The van der Waals surface area contributed by atoms with Crippen molar-refractivity contribution in [2.24, 2.45) is 5.92 Å². The maximum atomic E-state index is 12.5. The minimum absolute atomic E-state index is 0.0620. The number of ether oxygens (including phenoxy) is 1. The van der Waals surface area contributed by atoms with E-state index in [2.05, 4.69) is 31.9 Å². The molecule has 0 aliphatic carbocycles. The topological polar surface area (TPSA) is 83.6 Å². The molecule has 0 saturated carbocycles. The molecule has 0 spiro atoms. The van der Waals surface area contributed by atoms with E-state index in [-0.39, 0.29) is 17.7 Å². The minimum atomic E-state index is -0.677. The third-order valence-electron chi connectivity index (χ3n) is 5.64. The van der Waals surface area contributed by atoms with E-state index in [1.54, 1.807) is 13.0 Å². The number of piperidine rings is 1. The molecule has 1 aromatic heterocycles. The van der Waals surface area contributed by atoms with Gasteiger partial charge in [-0.25, -0.2) is 9.59 Å². The zero-order valence-electron chi connectivity index (χ0n) is 19.7. The first-order valence-corrected chi connectivity index (χ1v) is 11.2. The highest BCUT2D eigenvalue weighted by Gasteiger charge is 2.34. The fourth-order valence-electron chi connectivity index (χ4n) is 4.16. The number of carbonyl (C=O) groups is 1. The average Bonchev–Trinajstić information content (AvgIpc) is 2.69. The summed E-state index contributed by atoms with van der Waals surface area (Å²) in [5.74, 6) is 0.316. The van der Waals surface area contributed by atoms with Crippen LogP contribution in [0.4, 0.5) is 0 Å². The van der Waals surface area contributed by atoms with E-state index < -0.39 is 11.6 Å². The molecule has 170 valence electrons. The van der Waals surface area contributed by atoms with E-state index in [0.29, 0.717) is 30.2 Å². The number of likely N-dealkylation sites (tertiary alicyclic amines) is 1. The zero-order chi connectivity index (χ0) is 23.2. The number of aryl methyl sites for hydroxylation is 1. The Morgan fingerprint density at radius 3 is 2.68 bits per heavy atom. The molecule has 2 heterocycles. The standard InChI is InChI=1S/C25H36N2O4/c1-7-18-14-21(23(28)30-9-3)24(29)31-22(18)15-20-13-17(4)16-25(5,6)27(20)12-10-11-19(26)8-2/h10,12,14-15,17,26H,7-9,11,13,16H2,1-6H3/b12-10+,20-15+,26-19?. The van der Waals surface area contributed by atoms with Crippen LogP contribution in [0.15, 0.2) is 33.3 Å². The number of allylic oxidation sites excluding steroid dienone is 2. The second kappa shape index (κ2) is 10.6. The summed E-state index contributed by atoms with van der Waals surface area (Å²) in [6, 6.07) is 1.59. The Morgan fingerprint density at radius 2 is 2.06 bits per heavy atom. The largest absolute Gasteiger partial charge is 0.462 e. The molecule has 1 aliphatic rings. The molecule has 0 radical (unpaired) electrons. The summed E-state index contributed by atoms with van der Waals surface area (Å²) >= 11 is 0. The van der Waals surface area contributed by atoms with Crippen LogP contribution in [0.2, 0.25) is 0 Å². The summed E-state index contributed by atoms with van der Waals surface area (Å²) in [6.45, 7) is 12.5. The normalized spacial score (nSPS) is 19.7. The van der Waals surface area contributed by atoms with Crippen LogP contribution >= 0.6 is 0 Å². The van der Waals surface area contributed by atoms with E-state index in [1.807, 2.05) is 26.0 Å². The highest BCUT2D eigenvalue weighted by molar-refractivity contribution is 5.89. The van der Waals surface area contributed by atoms with Crippen molar-refractivity contribution in [3.8, 4) is 0 Å². The van der Waals surface area contributed by atoms with Crippen molar-refractivity contribution in [1.82, 2.24) is 4.90 Å². The minimum Gasteiger partial charge on any atom is -0.462 e. The van der Waals surface area contributed by atoms with Gasteiger partial charge < -0.3 is 19.5 Å². The van der Waals surface area contributed by atoms with Gasteiger partial charge in [-0.05, 0) is 64.0 Å². The number of hydrogen-bond donors (Lipinski definition) is 1. The predicted molar refractivity (Wildman–Crippen MR) is 124 cm³/mol. The Balaban J connectivity index is 2.49. The van der Waals surface area contributed by atoms with Gasteiger partial charge in [0, 0.05) is 35.6 Å². The van der Waals surface area contributed by atoms with Crippen LogP contribution in [0.25, 0.3) is 6.08 Å². The van der Waals surface area contributed by atoms with Gasteiger partial charge in [0.15, 0.2) is 0 Å². The molecule has 1 aliphatic heterocycles. The molecule has 1 fully saturated rings. The molecule has 0 amide bonds. The molecule has 1 atom stereocenters. The monoisotopic (exact) mass is 428 g/mol. The summed E-state index contributed by atoms with van der Waals surface area (Å²) in [6.07, 6.45) is 9.88. The van der Waals surface area contributed by atoms with Gasteiger partial charge in [-0.1, -0.05) is 26.8 Å². The van der Waals surface area contributed by atoms with Crippen molar-refractivity contribution >= 4 is 17.8 Å². The van der Waals surface area contributed by atoms with Crippen molar-refractivity contribution in [3.05, 3.63) is 51.3 Å². The summed E-state index contributed by atoms with van der Waals surface area (Å²) in [4.78, 5) is 26.8. The Morgan fingerprint density at radius 1 is 1.35 bits per heavy atom. The molecule has 0 bridgehead atoms. The van der Waals surface area contributed by atoms with Crippen LogP contribution < -0.4 is 5.63 Å². The predicted octanol–water partition coefficient (Wildman–Crippen LogP) is 5.56. The smallest absolute Gasteiger partial charge is 0.350 e. The molecule has 1 unspecified atom stereocenters. The van der Waals surface area contributed by atoms with Crippen LogP contribution in [-0.4, -0.2) is 28.7 Å². The molecule has 0 aromatic carbocycles. The zero-order valence-corrected chi connectivity index (χ0v) is 19.7. The lowest BCUT2D eigenvalue weighted by molar-refractivity contribution is 0.0520. The Kier molecular flexibility index (Phi) is 8.43. The lowest BCUT2D eigenvalue weighted by Crippen LogP contribution is -2.45. The molecule has 1 N–H and O–H groups in total. The van der Waals surface area contributed by atoms with Crippen molar-refractivity contribution < 1.29 is 13.9 Å².